The largest absolute Gasteiger partial charge is 0.389 e. The maximum atomic E-state index is 8.83. The summed E-state index contributed by atoms with van der Waals surface area (Å²) < 4.78 is 0. The zero-order chi connectivity index (χ0) is 16.5. The summed E-state index contributed by atoms with van der Waals surface area (Å²) in [6, 6.07) is 8.67. The highest BCUT2D eigenvalue weighted by Gasteiger charge is 2.03. The number of rotatable bonds is 7. The van der Waals surface area contributed by atoms with Crippen molar-refractivity contribution >= 4 is 23.3 Å². The third-order valence-electron chi connectivity index (χ3n) is 2.89. The summed E-state index contributed by atoms with van der Waals surface area (Å²) in [6.07, 6.45) is 6.68. The summed E-state index contributed by atoms with van der Waals surface area (Å²) >= 11 is 5.96. The summed E-state index contributed by atoms with van der Waals surface area (Å²) in [5.41, 5.74) is 1.37. The zero-order valence-electron chi connectivity index (χ0n) is 12.3. The van der Waals surface area contributed by atoms with Crippen LogP contribution in [0.4, 0.5) is 5.95 Å². The van der Waals surface area contributed by atoms with E-state index >= 15 is 0 Å². The van der Waals surface area contributed by atoms with Gasteiger partial charge in [-0.15, -0.1) is 0 Å². The topological polar surface area (TPSA) is 97.5 Å². The number of benzene rings is 1. The van der Waals surface area contributed by atoms with Crippen LogP contribution in [-0.2, 0) is 0 Å². The van der Waals surface area contributed by atoms with Crippen LogP contribution in [0.5, 0.6) is 0 Å². The smallest absolute Gasteiger partial charge is 0.222 e. The number of aromatic nitrogens is 2. The van der Waals surface area contributed by atoms with Crippen molar-refractivity contribution in [2.45, 2.75) is 0 Å². The van der Waals surface area contributed by atoms with Crippen molar-refractivity contribution in [3.63, 3.8) is 0 Å². The third-order valence-corrected chi connectivity index (χ3v) is 3.20. The number of halogens is 1. The lowest BCUT2D eigenvalue weighted by Crippen LogP contribution is -2.18. The lowest BCUT2D eigenvalue weighted by molar-refractivity contribution is 0.860. The zero-order valence-corrected chi connectivity index (χ0v) is 13.0. The molecule has 2 rings (SSSR count). The maximum Gasteiger partial charge on any atom is 0.222 e. The Kier molecular flexibility index (Phi) is 6.09. The van der Waals surface area contributed by atoms with Crippen molar-refractivity contribution in [1.29, 1.82) is 10.7 Å². The van der Waals surface area contributed by atoms with Crippen LogP contribution in [0.15, 0.2) is 48.9 Å². The fourth-order valence-corrected chi connectivity index (χ4v) is 1.95. The van der Waals surface area contributed by atoms with Crippen molar-refractivity contribution in [3.05, 3.63) is 65.1 Å². The molecule has 0 amide bonds. The fraction of sp³-hybridized carbons (Fsp3) is 0.125. The van der Waals surface area contributed by atoms with Gasteiger partial charge in [0.2, 0.25) is 5.95 Å². The molecule has 3 N–H and O–H groups in total. The normalized spacial score (nSPS) is 10.3. The first kappa shape index (κ1) is 16.5. The molecule has 0 fully saturated rings. The van der Waals surface area contributed by atoms with E-state index < -0.39 is 0 Å². The molecular weight excluding hydrogens is 312 g/mol. The molecule has 6 nitrogen and oxygen atoms in total. The minimum atomic E-state index is 0.309. The number of hydrogen-bond donors (Lipinski definition) is 3. The predicted octanol–water partition coefficient (Wildman–Crippen LogP) is 2.58. The number of nitrogens with zero attached hydrogens (tertiary/aromatic N) is 3. The SMILES string of the molecule is N#Cc1ccc(C(=N)/C=C\NCCNc2ncccn2)cc1Cl. The highest BCUT2D eigenvalue weighted by atomic mass is 35.5. The van der Waals surface area contributed by atoms with E-state index in [9.17, 15) is 0 Å². The van der Waals surface area contributed by atoms with Gasteiger partial charge in [-0.2, -0.15) is 5.26 Å². The van der Waals surface area contributed by atoms with Gasteiger partial charge >= 0.3 is 0 Å². The van der Waals surface area contributed by atoms with E-state index in [4.69, 9.17) is 22.3 Å². The lowest BCUT2D eigenvalue weighted by atomic mass is 10.1. The van der Waals surface area contributed by atoms with Crippen LogP contribution in [0.25, 0.3) is 0 Å². The van der Waals surface area contributed by atoms with Crippen LogP contribution in [-0.4, -0.2) is 28.8 Å². The molecule has 0 spiro atoms. The van der Waals surface area contributed by atoms with Gasteiger partial charge in [-0.1, -0.05) is 17.7 Å². The average Bonchev–Trinajstić information content (AvgIpc) is 2.58. The van der Waals surface area contributed by atoms with E-state index in [0.29, 0.717) is 40.9 Å². The van der Waals surface area contributed by atoms with Crippen LogP contribution in [0.2, 0.25) is 5.02 Å². The number of allylic oxidation sites excluding steroid dienone is 1. The Balaban J connectivity index is 1.76. The molecule has 0 bridgehead atoms. The van der Waals surface area contributed by atoms with Gasteiger partial charge in [0, 0.05) is 31.0 Å². The van der Waals surface area contributed by atoms with E-state index in [-0.39, 0.29) is 0 Å². The van der Waals surface area contributed by atoms with Crippen molar-refractivity contribution in [3.8, 4) is 6.07 Å². The lowest BCUT2D eigenvalue weighted by Gasteiger charge is -2.04. The van der Waals surface area contributed by atoms with Gasteiger partial charge in [0.25, 0.3) is 0 Å². The molecule has 0 radical (unpaired) electrons. The Bertz CT molecular complexity index is 736. The summed E-state index contributed by atoms with van der Waals surface area (Å²) in [4.78, 5) is 8.10. The average molecular weight is 327 g/mol. The maximum absolute atomic E-state index is 8.83. The second kappa shape index (κ2) is 8.51. The van der Waals surface area contributed by atoms with Crippen LogP contribution in [0.1, 0.15) is 11.1 Å². The fourth-order valence-electron chi connectivity index (χ4n) is 1.73. The first-order valence-corrected chi connectivity index (χ1v) is 7.28. The predicted molar refractivity (Wildman–Crippen MR) is 90.7 cm³/mol. The van der Waals surface area contributed by atoms with Crippen LogP contribution >= 0.6 is 11.6 Å². The van der Waals surface area contributed by atoms with Crippen molar-refractivity contribution in [2.75, 3.05) is 18.4 Å². The van der Waals surface area contributed by atoms with Gasteiger partial charge in [-0.25, -0.2) is 9.97 Å². The number of nitriles is 1. The number of nitrogens with one attached hydrogen (secondary N) is 3. The molecule has 1 heterocycles. The van der Waals surface area contributed by atoms with Gasteiger partial charge in [-0.3, -0.25) is 0 Å². The highest BCUT2D eigenvalue weighted by Crippen LogP contribution is 2.17. The quantitative estimate of drug-likeness (QED) is 0.536. The number of hydrogen-bond acceptors (Lipinski definition) is 6. The molecule has 23 heavy (non-hydrogen) atoms. The monoisotopic (exact) mass is 326 g/mol. The molecule has 0 aliphatic carbocycles. The number of anilines is 1. The van der Waals surface area contributed by atoms with E-state index in [1.807, 2.05) is 6.07 Å². The molecule has 0 atom stereocenters. The van der Waals surface area contributed by atoms with Gasteiger partial charge in [0.1, 0.15) is 6.07 Å². The molecule has 1 aromatic heterocycles. The second-order valence-corrected chi connectivity index (χ2v) is 4.91. The molecule has 7 heteroatoms. The molecule has 0 saturated heterocycles. The van der Waals surface area contributed by atoms with E-state index in [1.165, 1.54) is 0 Å². The Morgan fingerprint density at radius 1 is 1.30 bits per heavy atom. The van der Waals surface area contributed by atoms with Gasteiger partial charge in [0.15, 0.2) is 0 Å². The summed E-state index contributed by atoms with van der Waals surface area (Å²) in [5.74, 6) is 0.582. The molecule has 116 valence electrons. The molecule has 0 saturated carbocycles. The highest BCUT2D eigenvalue weighted by molar-refractivity contribution is 6.32. The standard InChI is InChI=1S/C16H15ClN6/c17-14-10-12(2-3-13(14)11-18)15(19)4-7-20-8-9-23-16-21-5-1-6-22-16/h1-7,10,19-20H,8-9H2,(H,21,22,23)/b7-4-,19-15?. The summed E-state index contributed by atoms with van der Waals surface area (Å²) in [6.45, 7) is 1.32. The second-order valence-electron chi connectivity index (χ2n) is 4.51. The van der Waals surface area contributed by atoms with E-state index in [0.717, 1.165) is 0 Å². The molecule has 0 aliphatic heterocycles. The molecule has 0 aliphatic rings. The summed E-state index contributed by atoms with van der Waals surface area (Å²) in [5, 5.41) is 23.3. The third kappa shape index (κ3) is 5.09. The minimum Gasteiger partial charge on any atom is -0.389 e. The van der Waals surface area contributed by atoms with Crippen LogP contribution in [0.3, 0.4) is 0 Å². The Morgan fingerprint density at radius 3 is 2.78 bits per heavy atom. The van der Waals surface area contributed by atoms with Crippen molar-refractivity contribution in [2.24, 2.45) is 0 Å². The van der Waals surface area contributed by atoms with Gasteiger partial charge in [0.05, 0.1) is 16.3 Å². The molecular formula is C16H15ClN6. The Hall–Kier alpha value is -2.91. The summed E-state index contributed by atoms with van der Waals surface area (Å²) in [7, 11) is 0. The van der Waals surface area contributed by atoms with E-state index in [1.54, 1.807) is 48.9 Å². The van der Waals surface area contributed by atoms with E-state index in [2.05, 4.69) is 20.6 Å². The van der Waals surface area contributed by atoms with Gasteiger partial charge in [-0.05, 0) is 30.5 Å². The van der Waals surface area contributed by atoms with Gasteiger partial charge < -0.3 is 16.0 Å². The van der Waals surface area contributed by atoms with Crippen LogP contribution < -0.4 is 10.6 Å². The molecule has 0 unspecified atom stereocenters. The Morgan fingerprint density at radius 2 is 2.09 bits per heavy atom. The van der Waals surface area contributed by atoms with Crippen LogP contribution in [0, 0.1) is 16.7 Å². The minimum absolute atomic E-state index is 0.309. The Labute approximate surface area is 139 Å². The first-order valence-electron chi connectivity index (χ1n) is 6.90. The van der Waals surface area contributed by atoms with Crippen molar-refractivity contribution < 1.29 is 0 Å². The first-order chi connectivity index (χ1) is 11.2. The van der Waals surface area contributed by atoms with Crippen molar-refractivity contribution in [1.82, 2.24) is 15.3 Å². The molecule has 1 aromatic carbocycles. The molecule has 2 aromatic rings.